The highest BCUT2D eigenvalue weighted by atomic mass is 16.5. The summed E-state index contributed by atoms with van der Waals surface area (Å²) < 4.78 is 26.6. The monoisotopic (exact) mass is 666 g/mol. The van der Waals surface area contributed by atoms with E-state index in [-0.39, 0.29) is 0 Å². The average Bonchev–Trinajstić information content (AvgIpc) is 3.69. The van der Waals surface area contributed by atoms with Gasteiger partial charge in [0.15, 0.2) is 0 Å². The molecule has 0 spiro atoms. The van der Waals surface area contributed by atoms with E-state index in [1.54, 1.807) is 28.4 Å². The van der Waals surface area contributed by atoms with E-state index in [1.165, 1.54) is 0 Å². The third kappa shape index (κ3) is 5.73. The van der Waals surface area contributed by atoms with Gasteiger partial charge >= 0.3 is 0 Å². The first-order valence-corrected chi connectivity index (χ1v) is 16.6. The Bertz CT molecular complexity index is 2400. The summed E-state index contributed by atoms with van der Waals surface area (Å²) in [6, 6.07) is 41.3. The first-order chi connectivity index (χ1) is 25.1. The fourth-order valence-electron chi connectivity index (χ4n) is 6.75. The Labute approximate surface area is 296 Å². The van der Waals surface area contributed by atoms with Crippen LogP contribution in [0.25, 0.3) is 55.0 Å². The molecule has 8 rings (SSSR count). The van der Waals surface area contributed by atoms with Crippen LogP contribution in [0.15, 0.2) is 121 Å². The molecule has 0 aliphatic carbocycles. The molecule has 0 atom stereocenters. The molecule has 0 saturated heterocycles. The van der Waals surface area contributed by atoms with Crippen molar-refractivity contribution in [2.24, 2.45) is 0 Å². The molecule has 8 aromatic rings. The van der Waals surface area contributed by atoms with Crippen molar-refractivity contribution in [1.29, 1.82) is 0 Å². The van der Waals surface area contributed by atoms with Crippen molar-refractivity contribution >= 4 is 43.6 Å². The van der Waals surface area contributed by atoms with E-state index >= 15 is 0 Å². The van der Waals surface area contributed by atoms with Gasteiger partial charge in [-0.05, 0) is 121 Å². The first-order valence-electron chi connectivity index (χ1n) is 16.6. The SMILES string of the molecule is COc1ccc2c(c1)c1cc(OC)ccc1n2-c1ccc(C#CCC#Cc2ccc(-n3c4ccc(OC)cc4c4cc(OC)ccc43)cc2)cc1. The quantitative estimate of drug-likeness (QED) is 0.166. The van der Waals surface area contributed by atoms with E-state index in [9.17, 15) is 0 Å². The fraction of sp³-hybridized carbons (Fsp3) is 0.111. The van der Waals surface area contributed by atoms with Gasteiger partial charge in [-0.2, -0.15) is 0 Å². The zero-order valence-electron chi connectivity index (χ0n) is 28.8. The maximum Gasteiger partial charge on any atom is 0.119 e. The van der Waals surface area contributed by atoms with Gasteiger partial charge in [0.05, 0.1) is 56.9 Å². The summed E-state index contributed by atoms with van der Waals surface area (Å²) in [5, 5.41) is 4.42. The topological polar surface area (TPSA) is 46.8 Å². The minimum Gasteiger partial charge on any atom is -0.497 e. The highest BCUT2D eigenvalue weighted by Gasteiger charge is 2.15. The first kappa shape index (κ1) is 31.5. The van der Waals surface area contributed by atoms with Crippen LogP contribution in [0.1, 0.15) is 17.5 Å². The van der Waals surface area contributed by atoms with E-state index < -0.39 is 0 Å². The maximum atomic E-state index is 5.52. The molecular formula is C45H34N2O4. The van der Waals surface area contributed by atoms with Crippen LogP contribution in [0.3, 0.4) is 0 Å². The van der Waals surface area contributed by atoms with Gasteiger partial charge in [0.1, 0.15) is 23.0 Å². The number of nitrogens with zero attached hydrogens (tertiary/aromatic N) is 2. The van der Waals surface area contributed by atoms with E-state index in [2.05, 4.69) is 130 Å². The molecular weight excluding hydrogens is 633 g/mol. The summed E-state index contributed by atoms with van der Waals surface area (Å²) in [4.78, 5) is 0. The molecule has 0 bridgehead atoms. The van der Waals surface area contributed by atoms with Gasteiger partial charge in [-0.3, -0.25) is 0 Å². The Morgan fingerprint density at radius 3 is 0.961 bits per heavy atom. The largest absolute Gasteiger partial charge is 0.497 e. The molecule has 6 nitrogen and oxygen atoms in total. The molecule has 2 aromatic heterocycles. The summed E-state index contributed by atoms with van der Waals surface area (Å²) in [6.07, 6.45) is 0.469. The van der Waals surface area contributed by atoms with Crippen molar-refractivity contribution in [3.8, 4) is 58.1 Å². The Balaban J connectivity index is 1.01. The molecule has 6 heteroatoms. The van der Waals surface area contributed by atoms with Crippen molar-refractivity contribution in [2.45, 2.75) is 6.42 Å². The van der Waals surface area contributed by atoms with Gasteiger partial charge in [-0.15, -0.1) is 0 Å². The van der Waals surface area contributed by atoms with E-state index in [1.807, 2.05) is 24.3 Å². The highest BCUT2D eigenvalue weighted by molar-refractivity contribution is 6.11. The van der Waals surface area contributed by atoms with Gasteiger partial charge in [-0.1, -0.05) is 23.7 Å². The van der Waals surface area contributed by atoms with Crippen LogP contribution in [0.5, 0.6) is 23.0 Å². The summed E-state index contributed by atoms with van der Waals surface area (Å²) in [7, 11) is 6.75. The molecule has 0 saturated carbocycles. The van der Waals surface area contributed by atoms with Crippen LogP contribution in [0, 0.1) is 23.7 Å². The smallest absolute Gasteiger partial charge is 0.119 e. The van der Waals surface area contributed by atoms with Gasteiger partial charge in [0, 0.05) is 44.0 Å². The van der Waals surface area contributed by atoms with Crippen LogP contribution in [0.4, 0.5) is 0 Å². The van der Waals surface area contributed by atoms with Gasteiger partial charge in [0.25, 0.3) is 0 Å². The fourth-order valence-corrected chi connectivity index (χ4v) is 6.75. The number of ether oxygens (including phenoxy) is 4. The Hall–Kier alpha value is -6.76. The zero-order valence-corrected chi connectivity index (χ0v) is 28.8. The summed E-state index contributed by atoms with van der Waals surface area (Å²) in [5.74, 6) is 16.3. The highest BCUT2D eigenvalue weighted by Crippen LogP contribution is 2.37. The van der Waals surface area contributed by atoms with Crippen LogP contribution >= 0.6 is 0 Å². The molecule has 6 aromatic carbocycles. The third-order valence-corrected chi connectivity index (χ3v) is 9.25. The van der Waals surface area contributed by atoms with Crippen molar-refractivity contribution in [1.82, 2.24) is 9.13 Å². The van der Waals surface area contributed by atoms with Gasteiger partial charge < -0.3 is 28.1 Å². The second-order valence-electron chi connectivity index (χ2n) is 12.1. The molecule has 0 amide bonds. The normalized spacial score (nSPS) is 10.9. The Morgan fingerprint density at radius 2 is 0.686 bits per heavy atom. The second kappa shape index (κ2) is 13.3. The minimum absolute atomic E-state index is 0.469. The molecule has 0 N–H and O–H groups in total. The molecule has 0 unspecified atom stereocenters. The number of fused-ring (bicyclic) bond motifs is 6. The van der Waals surface area contributed by atoms with Gasteiger partial charge in [-0.25, -0.2) is 0 Å². The molecule has 0 fully saturated rings. The number of benzene rings is 6. The van der Waals surface area contributed by atoms with Crippen LogP contribution in [0.2, 0.25) is 0 Å². The van der Waals surface area contributed by atoms with Crippen molar-refractivity contribution in [3.63, 3.8) is 0 Å². The molecule has 0 aliphatic rings. The molecule has 0 aliphatic heterocycles. The number of hydrogen-bond donors (Lipinski definition) is 0. The predicted molar refractivity (Wildman–Crippen MR) is 206 cm³/mol. The molecule has 0 radical (unpaired) electrons. The predicted octanol–water partition coefficient (Wildman–Crippen LogP) is 9.71. The lowest BCUT2D eigenvalue weighted by atomic mass is 10.1. The number of rotatable bonds is 6. The number of hydrogen-bond acceptors (Lipinski definition) is 4. The Kier molecular flexibility index (Phi) is 8.20. The lowest BCUT2D eigenvalue weighted by Crippen LogP contribution is -1.94. The summed E-state index contributed by atoms with van der Waals surface area (Å²) in [6.45, 7) is 0. The third-order valence-electron chi connectivity index (χ3n) is 9.25. The van der Waals surface area contributed by atoms with Crippen molar-refractivity contribution in [3.05, 3.63) is 132 Å². The lowest BCUT2D eigenvalue weighted by molar-refractivity contribution is 0.415. The Morgan fingerprint density at radius 1 is 0.392 bits per heavy atom. The molecule has 248 valence electrons. The van der Waals surface area contributed by atoms with Crippen molar-refractivity contribution in [2.75, 3.05) is 28.4 Å². The molecule has 2 heterocycles. The maximum absolute atomic E-state index is 5.52. The van der Waals surface area contributed by atoms with Crippen LogP contribution in [-0.4, -0.2) is 37.6 Å². The summed E-state index contributed by atoms with van der Waals surface area (Å²) in [5.41, 5.74) is 8.37. The van der Waals surface area contributed by atoms with E-state index in [0.29, 0.717) is 6.42 Å². The minimum atomic E-state index is 0.469. The molecule has 51 heavy (non-hydrogen) atoms. The van der Waals surface area contributed by atoms with Gasteiger partial charge in [0.2, 0.25) is 0 Å². The van der Waals surface area contributed by atoms with Crippen LogP contribution in [-0.2, 0) is 0 Å². The number of methoxy groups -OCH3 is 4. The average molecular weight is 667 g/mol. The van der Waals surface area contributed by atoms with E-state index in [0.717, 1.165) is 89.1 Å². The van der Waals surface area contributed by atoms with Crippen LogP contribution < -0.4 is 18.9 Å². The second-order valence-corrected chi connectivity index (χ2v) is 12.1. The van der Waals surface area contributed by atoms with Crippen molar-refractivity contribution < 1.29 is 18.9 Å². The lowest BCUT2D eigenvalue weighted by Gasteiger charge is -2.08. The zero-order chi connectivity index (χ0) is 34.9. The standard InChI is InChI=1S/C45H34N2O4/c1-48-34-18-22-42-38(26-34)39-27-35(49-2)19-23-43(39)46(42)32-14-10-30(11-15-32)8-6-5-7-9-31-12-16-33(17-13-31)47-44-24-20-36(50-3)28-40(44)41-29-37(51-4)21-25-45(41)47/h10-29H,5H2,1-4H3. The number of aromatic nitrogens is 2. The summed E-state index contributed by atoms with van der Waals surface area (Å²) >= 11 is 0. The van der Waals surface area contributed by atoms with E-state index in [4.69, 9.17) is 18.9 Å².